The van der Waals surface area contributed by atoms with Gasteiger partial charge in [0.15, 0.2) is 0 Å². The summed E-state index contributed by atoms with van der Waals surface area (Å²) >= 11 is 1.91. The lowest BCUT2D eigenvalue weighted by molar-refractivity contribution is 1.47. The Morgan fingerprint density at radius 1 is 0.667 bits per heavy atom. The molecule has 0 aliphatic rings. The first-order valence-corrected chi connectivity index (χ1v) is 12.1. The smallest absolute Gasteiger partial charge is 0.0440 e. The maximum absolute atomic E-state index is 4.13. The molecule has 1 heteroatoms. The zero-order chi connectivity index (χ0) is 22.7. The van der Waals surface area contributed by atoms with Gasteiger partial charge < -0.3 is 0 Å². The SMILES string of the molecule is C=C/C(C)=C(\C=C)c1ccc2c3ccccc3c3ccc(-c4ccccc4C)c4sc1c2c43. The minimum Gasteiger partial charge on any atom is -0.134 e. The summed E-state index contributed by atoms with van der Waals surface area (Å²) in [5.41, 5.74) is 7.46. The second-order valence-corrected chi connectivity index (χ2v) is 9.72. The molecule has 1 heterocycles. The van der Waals surface area contributed by atoms with Gasteiger partial charge in [0.2, 0.25) is 0 Å². The van der Waals surface area contributed by atoms with E-state index in [9.17, 15) is 0 Å². The van der Waals surface area contributed by atoms with Crippen molar-refractivity contribution in [1.29, 1.82) is 0 Å². The maximum Gasteiger partial charge on any atom is 0.0440 e. The van der Waals surface area contributed by atoms with Gasteiger partial charge in [0.05, 0.1) is 0 Å². The summed E-state index contributed by atoms with van der Waals surface area (Å²) < 4.78 is 2.69. The van der Waals surface area contributed by atoms with Crippen molar-refractivity contribution in [3.05, 3.63) is 115 Å². The standard InChI is InChI=1S/C32H24S/c1-5-19(3)21(6-2)27-17-15-25-23-13-9-10-14-24(23)26-16-18-28(22-12-8-7-11-20(22)4)32-30(26)29(25)31(27)33-32/h5-18H,1-2H2,3-4H3/b21-19+. The van der Waals surface area contributed by atoms with Gasteiger partial charge in [-0.15, -0.1) is 11.3 Å². The molecule has 0 bridgehead atoms. The molecule has 0 aliphatic carbocycles. The highest BCUT2D eigenvalue weighted by Crippen LogP contribution is 2.50. The van der Waals surface area contributed by atoms with Gasteiger partial charge in [0.25, 0.3) is 0 Å². The highest BCUT2D eigenvalue weighted by molar-refractivity contribution is 7.27. The average molecular weight is 441 g/mol. The number of rotatable bonds is 4. The number of thiophene rings is 1. The predicted molar refractivity (Wildman–Crippen MR) is 149 cm³/mol. The van der Waals surface area contributed by atoms with Crippen molar-refractivity contribution < 1.29 is 0 Å². The molecule has 6 rings (SSSR count). The van der Waals surface area contributed by atoms with Crippen LogP contribution in [-0.2, 0) is 0 Å². The number of hydrogen-bond donors (Lipinski definition) is 0. The summed E-state index contributed by atoms with van der Waals surface area (Å²) in [5.74, 6) is 0. The Morgan fingerprint density at radius 2 is 1.30 bits per heavy atom. The molecule has 0 N–H and O–H groups in total. The molecule has 0 saturated carbocycles. The lowest BCUT2D eigenvalue weighted by atomic mass is 9.89. The van der Waals surface area contributed by atoms with Gasteiger partial charge in [0, 0.05) is 20.2 Å². The van der Waals surface area contributed by atoms with Crippen molar-refractivity contribution in [3.8, 4) is 11.1 Å². The fourth-order valence-electron chi connectivity index (χ4n) is 5.27. The van der Waals surface area contributed by atoms with Gasteiger partial charge in [-0.2, -0.15) is 0 Å². The molecule has 0 nitrogen and oxygen atoms in total. The van der Waals surface area contributed by atoms with Crippen molar-refractivity contribution in [3.63, 3.8) is 0 Å². The Morgan fingerprint density at radius 3 is 1.97 bits per heavy atom. The van der Waals surface area contributed by atoms with Crippen LogP contribution in [-0.4, -0.2) is 0 Å². The summed E-state index contributed by atoms with van der Waals surface area (Å²) in [4.78, 5) is 0. The van der Waals surface area contributed by atoms with E-state index in [4.69, 9.17) is 0 Å². The molecule has 6 aromatic rings. The molecule has 0 unspecified atom stereocenters. The Bertz CT molecular complexity index is 1760. The molecular formula is C32H24S. The van der Waals surface area contributed by atoms with Gasteiger partial charge >= 0.3 is 0 Å². The minimum atomic E-state index is 1.15. The molecule has 33 heavy (non-hydrogen) atoms. The third kappa shape index (κ3) is 2.76. The van der Waals surface area contributed by atoms with Crippen LogP contribution in [0.25, 0.3) is 58.4 Å². The number of aryl methyl sites for hydroxylation is 1. The van der Waals surface area contributed by atoms with E-state index in [1.165, 1.54) is 64.0 Å². The van der Waals surface area contributed by atoms with Crippen LogP contribution in [0, 0.1) is 6.92 Å². The molecule has 0 amide bonds. The number of fused-ring (bicyclic) bond motifs is 3. The van der Waals surface area contributed by atoms with Crippen molar-refractivity contribution in [1.82, 2.24) is 0 Å². The van der Waals surface area contributed by atoms with E-state index in [2.05, 4.69) is 99.8 Å². The van der Waals surface area contributed by atoms with Gasteiger partial charge in [-0.1, -0.05) is 98.1 Å². The molecule has 0 saturated heterocycles. The van der Waals surface area contributed by atoms with E-state index in [1.807, 2.05) is 23.5 Å². The van der Waals surface area contributed by atoms with Crippen molar-refractivity contribution in [2.75, 3.05) is 0 Å². The van der Waals surface area contributed by atoms with E-state index >= 15 is 0 Å². The van der Waals surface area contributed by atoms with E-state index in [1.54, 1.807) is 0 Å². The molecule has 5 aromatic carbocycles. The summed E-state index contributed by atoms with van der Waals surface area (Å²) in [6.45, 7) is 12.5. The van der Waals surface area contributed by atoms with Gasteiger partial charge in [-0.25, -0.2) is 0 Å². The zero-order valence-corrected chi connectivity index (χ0v) is 19.7. The Kier molecular flexibility index (Phi) is 4.50. The number of benzene rings is 5. The second kappa shape index (κ2) is 7.43. The zero-order valence-electron chi connectivity index (χ0n) is 18.9. The van der Waals surface area contributed by atoms with Gasteiger partial charge in [-0.3, -0.25) is 0 Å². The monoisotopic (exact) mass is 440 g/mol. The van der Waals surface area contributed by atoms with Gasteiger partial charge in [0.1, 0.15) is 0 Å². The van der Waals surface area contributed by atoms with Crippen LogP contribution in [0.3, 0.4) is 0 Å². The van der Waals surface area contributed by atoms with Crippen LogP contribution in [0.4, 0.5) is 0 Å². The Labute approximate surface area is 198 Å². The predicted octanol–water partition coefficient (Wildman–Crippen LogP) is 9.92. The first-order chi connectivity index (χ1) is 16.1. The summed E-state index contributed by atoms with van der Waals surface area (Å²) in [5, 5.41) is 8.04. The van der Waals surface area contributed by atoms with Crippen molar-refractivity contribution in [2.45, 2.75) is 13.8 Å². The third-order valence-corrected chi connectivity index (χ3v) is 8.19. The Hall–Kier alpha value is -3.68. The molecule has 0 atom stereocenters. The molecule has 0 fully saturated rings. The first-order valence-electron chi connectivity index (χ1n) is 11.3. The topological polar surface area (TPSA) is 0 Å². The largest absolute Gasteiger partial charge is 0.134 e. The first kappa shape index (κ1) is 20.0. The normalized spacial score (nSPS) is 12.7. The summed E-state index contributed by atoms with van der Waals surface area (Å²) in [7, 11) is 0. The van der Waals surface area contributed by atoms with Gasteiger partial charge in [-0.05, 0) is 68.8 Å². The molecule has 0 spiro atoms. The molecule has 158 valence electrons. The summed E-state index contributed by atoms with van der Waals surface area (Å²) in [6, 6.07) is 26.7. The molecule has 0 radical (unpaired) electrons. The van der Waals surface area contributed by atoms with Crippen molar-refractivity contribution in [2.24, 2.45) is 0 Å². The quantitative estimate of drug-likeness (QED) is 0.189. The number of hydrogen-bond acceptors (Lipinski definition) is 1. The van der Waals surface area contributed by atoms with Crippen LogP contribution in [0.5, 0.6) is 0 Å². The van der Waals surface area contributed by atoms with Crippen LogP contribution in [0.15, 0.2) is 104 Å². The van der Waals surface area contributed by atoms with Crippen LogP contribution in [0.2, 0.25) is 0 Å². The third-order valence-electron chi connectivity index (χ3n) is 6.94. The van der Waals surface area contributed by atoms with Crippen molar-refractivity contribution >= 4 is 58.6 Å². The van der Waals surface area contributed by atoms with Crippen LogP contribution in [0.1, 0.15) is 18.1 Å². The average Bonchev–Trinajstić information content (AvgIpc) is 3.26. The fourth-order valence-corrected chi connectivity index (χ4v) is 6.68. The van der Waals surface area contributed by atoms with E-state index < -0.39 is 0 Å². The highest BCUT2D eigenvalue weighted by Gasteiger charge is 2.21. The molecule has 1 aromatic heterocycles. The minimum absolute atomic E-state index is 1.15. The Balaban J connectivity index is 1.88. The van der Waals surface area contributed by atoms with E-state index in [-0.39, 0.29) is 0 Å². The molecule has 0 aliphatic heterocycles. The maximum atomic E-state index is 4.13. The lowest BCUT2D eigenvalue weighted by Crippen LogP contribution is -1.88. The lowest BCUT2D eigenvalue weighted by Gasteiger charge is -2.13. The summed E-state index contributed by atoms with van der Waals surface area (Å²) in [6.07, 6.45) is 3.90. The van der Waals surface area contributed by atoms with E-state index in [0.717, 1.165) is 11.1 Å². The number of allylic oxidation sites excluding steroid dienone is 4. The van der Waals surface area contributed by atoms with E-state index in [0.29, 0.717) is 0 Å². The van der Waals surface area contributed by atoms with Crippen LogP contribution >= 0.6 is 11.3 Å². The highest BCUT2D eigenvalue weighted by atomic mass is 32.1. The van der Waals surface area contributed by atoms with Crippen LogP contribution < -0.4 is 0 Å². The fraction of sp³-hybridized carbons (Fsp3) is 0.0625. The second-order valence-electron chi connectivity index (χ2n) is 8.70. The molecular weight excluding hydrogens is 416 g/mol.